The number of amides is 1. The third-order valence-corrected chi connectivity index (χ3v) is 5.29. The average molecular weight is 370 g/mol. The van der Waals surface area contributed by atoms with Gasteiger partial charge in [-0.25, -0.2) is 0 Å². The topological polar surface area (TPSA) is 45.9 Å². The number of nitrogens with zero attached hydrogens (tertiary/aromatic N) is 2. The van der Waals surface area contributed by atoms with Gasteiger partial charge in [-0.1, -0.05) is 30.3 Å². The molecular formula is C22H30N2O3. The summed E-state index contributed by atoms with van der Waals surface area (Å²) < 4.78 is 10.7. The quantitative estimate of drug-likeness (QED) is 0.712. The molecule has 0 unspecified atom stereocenters. The largest absolute Gasteiger partial charge is 0.453 e. The van der Waals surface area contributed by atoms with Crippen LogP contribution in [0, 0.1) is 0 Å². The highest BCUT2D eigenvalue weighted by Crippen LogP contribution is 2.19. The Balaban J connectivity index is 1.49. The van der Waals surface area contributed by atoms with Crippen LogP contribution in [0.25, 0.3) is 0 Å². The Bertz CT molecular complexity index is 713. The number of furan rings is 1. The lowest BCUT2D eigenvalue weighted by atomic mass is 10.0. The third kappa shape index (κ3) is 5.44. The third-order valence-electron chi connectivity index (χ3n) is 5.29. The van der Waals surface area contributed by atoms with Crippen molar-refractivity contribution in [3.8, 4) is 0 Å². The fourth-order valence-corrected chi connectivity index (χ4v) is 3.75. The molecule has 2 aromatic rings. The molecule has 1 aromatic carbocycles. The molecular weight excluding hydrogens is 340 g/mol. The van der Waals surface area contributed by atoms with Crippen molar-refractivity contribution in [1.29, 1.82) is 0 Å². The van der Waals surface area contributed by atoms with E-state index in [0.29, 0.717) is 18.1 Å². The van der Waals surface area contributed by atoms with E-state index in [4.69, 9.17) is 9.15 Å². The van der Waals surface area contributed by atoms with E-state index >= 15 is 0 Å². The maximum Gasteiger partial charge on any atom is 0.289 e. The number of rotatable bonds is 8. The van der Waals surface area contributed by atoms with Crippen molar-refractivity contribution in [2.75, 3.05) is 33.8 Å². The molecule has 2 heterocycles. The molecule has 1 saturated heterocycles. The van der Waals surface area contributed by atoms with E-state index in [0.717, 1.165) is 45.3 Å². The molecule has 1 fully saturated rings. The number of carbonyl (C=O) groups is 1. The van der Waals surface area contributed by atoms with Crippen molar-refractivity contribution in [2.24, 2.45) is 0 Å². The van der Waals surface area contributed by atoms with Gasteiger partial charge in [-0.3, -0.25) is 4.79 Å². The summed E-state index contributed by atoms with van der Waals surface area (Å²) in [5.41, 5.74) is 1.39. The van der Waals surface area contributed by atoms with Gasteiger partial charge in [0.15, 0.2) is 5.76 Å². The van der Waals surface area contributed by atoms with Crippen LogP contribution in [0.4, 0.5) is 0 Å². The number of piperidine rings is 1. The van der Waals surface area contributed by atoms with Gasteiger partial charge in [0.1, 0.15) is 12.4 Å². The van der Waals surface area contributed by atoms with Gasteiger partial charge in [-0.2, -0.15) is 0 Å². The number of carbonyl (C=O) groups excluding carboxylic acids is 1. The predicted octanol–water partition coefficient (Wildman–Crippen LogP) is 3.60. The Morgan fingerprint density at radius 2 is 2.07 bits per heavy atom. The molecule has 5 heteroatoms. The lowest BCUT2D eigenvalue weighted by molar-refractivity contribution is 0.0581. The summed E-state index contributed by atoms with van der Waals surface area (Å²) in [5, 5.41) is 0. The molecule has 0 aliphatic carbocycles. The molecule has 5 nitrogen and oxygen atoms in total. The number of likely N-dealkylation sites (N-methyl/N-ethyl adjacent to an activating group) is 1. The first-order valence-corrected chi connectivity index (χ1v) is 9.78. The fraction of sp³-hybridized carbons (Fsp3) is 0.500. The normalized spacial score (nSPS) is 17.8. The van der Waals surface area contributed by atoms with Crippen LogP contribution >= 0.6 is 0 Å². The summed E-state index contributed by atoms with van der Waals surface area (Å²) >= 11 is 0. The zero-order chi connectivity index (χ0) is 19.1. The number of benzene rings is 1. The molecule has 27 heavy (non-hydrogen) atoms. The van der Waals surface area contributed by atoms with Crippen LogP contribution in [-0.4, -0.2) is 55.5 Å². The van der Waals surface area contributed by atoms with E-state index in [9.17, 15) is 4.79 Å². The van der Waals surface area contributed by atoms with Crippen LogP contribution in [0.5, 0.6) is 0 Å². The fourth-order valence-electron chi connectivity index (χ4n) is 3.75. The van der Waals surface area contributed by atoms with E-state index in [1.54, 1.807) is 19.2 Å². The highest BCUT2D eigenvalue weighted by atomic mass is 16.5. The SMILES string of the molecule is COCc1ccc(C(=O)N(C)[C@@H]2CCCN(CCCc3ccccc3)C2)o1. The predicted molar refractivity (Wildman–Crippen MR) is 106 cm³/mol. The molecule has 0 bridgehead atoms. The highest BCUT2D eigenvalue weighted by molar-refractivity contribution is 5.91. The Morgan fingerprint density at radius 1 is 1.26 bits per heavy atom. The second-order valence-electron chi connectivity index (χ2n) is 7.30. The van der Waals surface area contributed by atoms with Crippen molar-refractivity contribution in [3.63, 3.8) is 0 Å². The summed E-state index contributed by atoms with van der Waals surface area (Å²) in [7, 11) is 3.50. The summed E-state index contributed by atoms with van der Waals surface area (Å²) in [5.74, 6) is 1.03. The molecule has 146 valence electrons. The van der Waals surface area contributed by atoms with Gasteiger partial charge < -0.3 is 19.0 Å². The van der Waals surface area contributed by atoms with E-state index in [1.165, 1.54) is 5.56 Å². The van der Waals surface area contributed by atoms with Crippen LogP contribution in [0.1, 0.15) is 41.1 Å². The van der Waals surface area contributed by atoms with Gasteiger partial charge >= 0.3 is 0 Å². The van der Waals surface area contributed by atoms with E-state index in [-0.39, 0.29) is 11.9 Å². The van der Waals surface area contributed by atoms with Gasteiger partial charge in [0.05, 0.1) is 0 Å². The van der Waals surface area contributed by atoms with Crippen molar-refractivity contribution < 1.29 is 13.9 Å². The molecule has 1 aliphatic rings. The number of hydrogen-bond acceptors (Lipinski definition) is 4. The minimum atomic E-state index is -0.0477. The van der Waals surface area contributed by atoms with Gasteiger partial charge in [0.25, 0.3) is 5.91 Å². The number of aryl methyl sites for hydroxylation is 1. The second kappa shape index (κ2) is 9.72. The first kappa shape index (κ1) is 19.6. The molecule has 0 radical (unpaired) electrons. The summed E-state index contributed by atoms with van der Waals surface area (Å²) in [4.78, 5) is 17.1. The first-order chi connectivity index (χ1) is 13.2. The summed E-state index contributed by atoms with van der Waals surface area (Å²) in [6.45, 7) is 3.51. The highest BCUT2D eigenvalue weighted by Gasteiger charge is 2.27. The molecule has 1 atom stereocenters. The van der Waals surface area contributed by atoms with E-state index < -0.39 is 0 Å². The molecule has 0 N–H and O–H groups in total. The lowest BCUT2D eigenvalue weighted by Gasteiger charge is -2.37. The summed E-state index contributed by atoms with van der Waals surface area (Å²) in [6, 6.07) is 14.4. The van der Waals surface area contributed by atoms with Gasteiger partial charge in [0, 0.05) is 26.7 Å². The monoisotopic (exact) mass is 370 g/mol. The van der Waals surface area contributed by atoms with Gasteiger partial charge in [-0.05, 0) is 56.5 Å². The van der Waals surface area contributed by atoms with Gasteiger partial charge in [0.2, 0.25) is 0 Å². The Labute approximate surface area is 161 Å². The van der Waals surface area contributed by atoms with Crippen molar-refractivity contribution in [2.45, 2.75) is 38.3 Å². The summed E-state index contributed by atoms with van der Waals surface area (Å²) in [6.07, 6.45) is 4.42. The van der Waals surface area contributed by atoms with Crippen molar-refractivity contribution >= 4 is 5.91 Å². The standard InChI is InChI=1S/C22H30N2O3/c1-23(22(25)21-13-12-20(27-21)17-26-2)19-11-7-15-24(16-19)14-6-10-18-8-4-3-5-9-18/h3-5,8-9,12-13,19H,6-7,10-11,14-17H2,1-2H3/t19-/m1/s1. The minimum Gasteiger partial charge on any atom is -0.453 e. The lowest BCUT2D eigenvalue weighted by Crippen LogP contribution is -2.48. The average Bonchev–Trinajstić information content (AvgIpc) is 3.17. The molecule has 0 spiro atoms. The second-order valence-corrected chi connectivity index (χ2v) is 7.30. The molecule has 1 aliphatic heterocycles. The molecule has 0 saturated carbocycles. The van der Waals surface area contributed by atoms with Crippen molar-refractivity contribution in [1.82, 2.24) is 9.80 Å². The van der Waals surface area contributed by atoms with Crippen LogP contribution in [0.3, 0.4) is 0 Å². The Kier molecular flexibility index (Phi) is 7.07. The van der Waals surface area contributed by atoms with E-state index in [1.807, 2.05) is 11.9 Å². The number of likely N-dealkylation sites (tertiary alicyclic amines) is 1. The van der Waals surface area contributed by atoms with Crippen LogP contribution in [-0.2, 0) is 17.8 Å². The van der Waals surface area contributed by atoms with Crippen LogP contribution in [0.2, 0.25) is 0 Å². The zero-order valence-electron chi connectivity index (χ0n) is 16.4. The number of methoxy groups -OCH3 is 1. The van der Waals surface area contributed by atoms with Crippen LogP contribution < -0.4 is 0 Å². The van der Waals surface area contributed by atoms with Crippen LogP contribution in [0.15, 0.2) is 46.9 Å². The zero-order valence-corrected chi connectivity index (χ0v) is 16.4. The van der Waals surface area contributed by atoms with E-state index in [2.05, 4.69) is 35.2 Å². The maximum atomic E-state index is 12.7. The van der Waals surface area contributed by atoms with Gasteiger partial charge in [-0.15, -0.1) is 0 Å². The maximum absolute atomic E-state index is 12.7. The van der Waals surface area contributed by atoms with Crippen molar-refractivity contribution in [3.05, 3.63) is 59.5 Å². The first-order valence-electron chi connectivity index (χ1n) is 9.78. The number of ether oxygens (including phenoxy) is 1. The smallest absolute Gasteiger partial charge is 0.289 e. The Morgan fingerprint density at radius 3 is 2.85 bits per heavy atom. The molecule has 3 rings (SSSR count). The minimum absolute atomic E-state index is 0.0477. The molecule has 1 aromatic heterocycles. The molecule has 1 amide bonds. The Hall–Kier alpha value is -2.11. The number of hydrogen-bond donors (Lipinski definition) is 0.